The molecule has 4 aromatic rings. The third-order valence-corrected chi connectivity index (χ3v) is 5.12. The molecule has 0 aliphatic carbocycles. The van der Waals surface area contributed by atoms with Gasteiger partial charge in [-0.1, -0.05) is 24.3 Å². The third-order valence-electron chi connectivity index (χ3n) is 5.12. The molecule has 0 radical (unpaired) electrons. The van der Waals surface area contributed by atoms with Crippen LogP contribution in [0.2, 0.25) is 0 Å². The minimum atomic E-state index is 0.784. The van der Waals surface area contributed by atoms with Crippen molar-refractivity contribution in [1.29, 1.82) is 0 Å². The van der Waals surface area contributed by atoms with Gasteiger partial charge in [0, 0.05) is 18.5 Å². The van der Waals surface area contributed by atoms with Gasteiger partial charge >= 0.3 is 0 Å². The molecule has 0 atom stereocenters. The van der Waals surface area contributed by atoms with Gasteiger partial charge in [0.15, 0.2) is 0 Å². The van der Waals surface area contributed by atoms with Crippen LogP contribution >= 0.6 is 0 Å². The Morgan fingerprint density at radius 1 is 0.733 bits per heavy atom. The molecule has 3 aromatic carbocycles. The van der Waals surface area contributed by atoms with Crippen molar-refractivity contribution in [2.24, 2.45) is 7.05 Å². The van der Waals surface area contributed by atoms with Crippen LogP contribution in [-0.4, -0.2) is 4.57 Å². The molecule has 0 aliphatic rings. The topological polar surface area (TPSA) is 27.3 Å². The van der Waals surface area contributed by atoms with Crippen LogP contribution in [0.1, 0.15) is 22.3 Å². The van der Waals surface area contributed by atoms with E-state index in [4.69, 9.17) is 9.47 Å². The van der Waals surface area contributed by atoms with Crippen molar-refractivity contribution in [3.8, 4) is 28.7 Å². The van der Waals surface area contributed by atoms with Gasteiger partial charge in [-0.2, -0.15) is 0 Å². The van der Waals surface area contributed by atoms with Crippen LogP contribution in [0, 0.1) is 34.0 Å². The first-order valence-corrected chi connectivity index (χ1v) is 10.0. The number of ether oxygens (including phenoxy) is 2. The van der Waals surface area contributed by atoms with Crippen molar-refractivity contribution >= 4 is 0 Å². The normalized spacial score (nSPS) is 10.8. The van der Waals surface area contributed by atoms with E-state index in [-0.39, 0.29) is 0 Å². The quantitative estimate of drug-likeness (QED) is 0.308. The Kier molecular flexibility index (Phi) is 5.32. The van der Waals surface area contributed by atoms with Gasteiger partial charge in [-0.05, 0) is 74.2 Å². The molecule has 0 spiro atoms. The van der Waals surface area contributed by atoms with Crippen LogP contribution < -0.4 is 14.0 Å². The van der Waals surface area contributed by atoms with E-state index in [0.29, 0.717) is 0 Å². The molecule has 0 unspecified atom stereocenters. The number of benzene rings is 3. The minimum absolute atomic E-state index is 0.784. The lowest BCUT2D eigenvalue weighted by Crippen LogP contribution is -2.29. The van der Waals surface area contributed by atoms with Gasteiger partial charge in [0.25, 0.3) is 0 Å². The Labute approximate surface area is 178 Å². The number of para-hydroxylation sites is 1. The van der Waals surface area contributed by atoms with Gasteiger partial charge < -0.3 is 18.6 Å². The van der Waals surface area contributed by atoms with E-state index in [0.717, 1.165) is 45.4 Å². The summed E-state index contributed by atoms with van der Waals surface area (Å²) >= 11 is 0. The van der Waals surface area contributed by atoms with Crippen molar-refractivity contribution < 1.29 is 14.0 Å². The van der Waals surface area contributed by atoms with Crippen LogP contribution in [0.4, 0.5) is 0 Å². The maximum atomic E-state index is 6.38. The van der Waals surface area contributed by atoms with Crippen molar-refractivity contribution in [2.45, 2.75) is 27.7 Å². The average molecular weight is 399 g/mol. The molecule has 1 heterocycles. The molecule has 0 saturated heterocycles. The number of aromatic nitrogens is 2. The van der Waals surface area contributed by atoms with Gasteiger partial charge in [0.1, 0.15) is 23.0 Å². The summed E-state index contributed by atoms with van der Waals surface area (Å²) in [5.41, 5.74) is 5.42. The van der Waals surface area contributed by atoms with Crippen LogP contribution in [0.15, 0.2) is 67.0 Å². The van der Waals surface area contributed by atoms with Gasteiger partial charge in [-0.3, -0.25) is 0 Å². The van der Waals surface area contributed by atoms with Crippen molar-refractivity contribution in [3.05, 3.63) is 95.6 Å². The van der Waals surface area contributed by atoms with Crippen molar-refractivity contribution in [3.63, 3.8) is 0 Å². The summed E-state index contributed by atoms with van der Waals surface area (Å²) in [6, 6.07) is 18.1. The number of hydrogen-bond donors (Lipinski definition) is 0. The zero-order chi connectivity index (χ0) is 21.3. The Morgan fingerprint density at radius 3 is 1.97 bits per heavy atom. The summed E-state index contributed by atoms with van der Waals surface area (Å²) in [7, 11) is 1.96. The number of imidazole rings is 1. The first-order valence-electron chi connectivity index (χ1n) is 10.0. The van der Waals surface area contributed by atoms with Gasteiger partial charge in [0.05, 0.1) is 12.7 Å². The maximum Gasteiger partial charge on any atom is 0.243 e. The second-order valence-corrected chi connectivity index (χ2v) is 7.68. The molecule has 0 bridgehead atoms. The zero-order valence-electron chi connectivity index (χ0n) is 18.1. The third kappa shape index (κ3) is 4.08. The largest absolute Gasteiger partial charge is 0.457 e. The van der Waals surface area contributed by atoms with E-state index in [2.05, 4.69) is 45.3 Å². The summed E-state index contributed by atoms with van der Waals surface area (Å²) < 4.78 is 16.4. The highest BCUT2D eigenvalue weighted by molar-refractivity contribution is 5.51. The summed E-state index contributed by atoms with van der Waals surface area (Å²) in [6.07, 6.45) is 7.22. The van der Waals surface area contributed by atoms with Crippen molar-refractivity contribution in [2.75, 3.05) is 0 Å². The smallest absolute Gasteiger partial charge is 0.243 e. The maximum absolute atomic E-state index is 6.38. The van der Waals surface area contributed by atoms with Gasteiger partial charge in [-0.15, -0.1) is 0 Å². The van der Waals surface area contributed by atoms with Crippen LogP contribution in [0.5, 0.6) is 23.0 Å². The lowest BCUT2D eigenvalue weighted by Gasteiger charge is -2.17. The Hall–Kier alpha value is -3.53. The van der Waals surface area contributed by atoms with Crippen molar-refractivity contribution in [1.82, 2.24) is 4.57 Å². The molecule has 1 aromatic heterocycles. The molecule has 0 fully saturated rings. The molecule has 0 amide bonds. The highest BCUT2D eigenvalue weighted by Crippen LogP contribution is 2.36. The minimum Gasteiger partial charge on any atom is -0.457 e. The van der Waals surface area contributed by atoms with E-state index < -0.39 is 0 Å². The monoisotopic (exact) mass is 398 g/mol. The predicted octanol–water partition coefficient (Wildman–Crippen LogP) is 5.92. The first kappa shape index (κ1) is 19.8. The molecule has 30 heavy (non-hydrogen) atoms. The molecule has 0 saturated carbocycles. The Bertz CT molecular complexity index is 1190. The summed E-state index contributed by atoms with van der Waals surface area (Å²) in [5, 5.41) is 0. The van der Waals surface area contributed by atoms with Gasteiger partial charge in [0.2, 0.25) is 6.33 Å². The number of nitrogens with zero attached hydrogens (tertiary/aromatic N) is 2. The second-order valence-electron chi connectivity index (χ2n) is 7.68. The fourth-order valence-electron chi connectivity index (χ4n) is 3.50. The van der Waals surface area contributed by atoms with Crippen LogP contribution in [0.25, 0.3) is 5.69 Å². The molecule has 0 aliphatic heterocycles. The molecule has 152 valence electrons. The summed E-state index contributed by atoms with van der Waals surface area (Å²) in [6.45, 7) is 8.27. The fourth-order valence-corrected chi connectivity index (χ4v) is 3.50. The lowest BCUT2D eigenvalue weighted by molar-refractivity contribution is -0.600. The highest BCUT2D eigenvalue weighted by Gasteiger charge is 2.12. The van der Waals surface area contributed by atoms with E-state index in [1.54, 1.807) is 0 Å². The molecular formula is C26H26N2O2. The molecule has 4 heteroatoms. The second kappa shape index (κ2) is 8.07. The van der Waals surface area contributed by atoms with E-state index in [9.17, 15) is 0 Å². The standard InChI is InChI=1S/C26H26N2O2/c1-18-13-19(2)24(15-23(18)28-12-11-27(5)17-28)30-26-16-25(20(3)14-21(26)4)29-22-9-7-6-8-10-22/h6-16H,1-5H3. The first-order chi connectivity index (χ1) is 14.4. The van der Waals surface area contributed by atoms with Crippen LogP contribution in [-0.2, 0) is 7.05 Å². The van der Waals surface area contributed by atoms with Crippen LogP contribution in [0.3, 0.4) is 0 Å². The predicted molar refractivity (Wildman–Crippen MR) is 118 cm³/mol. The molecule has 4 nitrogen and oxygen atoms in total. The molecular weight excluding hydrogens is 372 g/mol. The SMILES string of the molecule is Cc1cc(C)c(Oc2cc(-[n+]3[c-]n(C)cc3)c(C)cc2C)cc1Oc1ccccc1. The van der Waals surface area contributed by atoms with E-state index in [1.807, 2.05) is 71.9 Å². The Morgan fingerprint density at radius 2 is 1.33 bits per heavy atom. The lowest BCUT2D eigenvalue weighted by atomic mass is 10.1. The fraction of sp³-hybridized carbons (Fsp3) is 0.192. The molecule has 4 rings (SSSR count). The Balaban J connectivity index is 1.69. The summed E-state index contributed by atoms with van der Waals surface area (Å²) in [5.74, 6) is 3.20. The average Bonchev–Trinajstić information content (AvgIpc) is 3.14. The van der Waals surface area contributed by atoms with Gasteiger partial charge in [-0.25, -0.2) is 0 Å². The number of hydrogen-bond acceptors (Lipinski definition) is 2. The summed E-state index contributed by atoms with van der Waals surface area (Å²) in [4.78, 5) is 0. The van der Waals surface area contributed by atoms with E-state index in [1.165, 1.54) is 5.56 Å². The molecule has 0 N–H and O–H groups in total. The number of rotatable bonds is 5. The number of aryl methyl sites for hydroxylation is 5. The van der Waals surface area contributed by atoms with E-state index >= 15 is 0 Å². The zero-order valence-corrected chi connectivity index (χ0v) is 18.1. The highest BCUT2D eigenvalue weighted by atomic mass is 16.5.